The van der Waals surface area contributed by atoms with E-state index in [0.717, 1.165) is 9.90 Å². The predicted molar refractivity (Wildman–Crippen MR) is 82.0 cm³/mol. The highest BCUT2D eigenvalue weighted by molar-refractivity contribution is 7.10. The smallest absolute Gasteiger partial charge is 0.241 e. The minimum absolute atomic E-state index is 0.0636. The van der Waals surface area contributed by atoms with Gasteiger partial charge in [0, 0.05) is 30.1 Å². The van der Waals surface area contributed by atoms with Crippen molar-refractivity contribution in [3.8, 4) is 0 Å². The van der Waals surface area contributed by atoms with Crippen LogP contribution >= 0.6 is 22.9 Å². The van der Waals surface area contributed by atoms with Crippen molar-refractivity contribution in [1.29, 1.82) is 0 Å². The van der Waals surface area contributed by atoms with Crippen molar-refractivity contribution in [1.82, 2.24) is 15.1 Å². The molecule has 118 valence electrons. The fourth-order valence-electron chi connectivity index (χ4n) is 2.41. The molecular formula is C14H16ClN3O3S. The Morgan fingerprint density at radius 3 is 3.09 bits per heavy atom. The molecular weight excluding hydrogens is 326 g/mol. The molecule has 0 bridgehead atoms. The maximum absolute atomic E-state index is 12.5. The van der Waals surface area contributed by atoms with Gasteiger partial charge in [0.2, 0.25) is 17.7 Å². The van der Waals surface area contributed by atoms with Gasteiger partial charge in [0.25, 0.3) is 0 Å². The molecule has 1 aliphatic rings. The number of rotatable bonds is 4. The number of ether oxygens (including phenoxy) is 1. The number of hydrogen-bond donors (Lipinski definition) is 0. The average molecular weight is 342 g/mol. The summed E-state index contributed by atoms with van der Waals surface area (Å²) in [5.74, 6) is 0.986. The summed E-state index contributed by atoms with van der Waals surface area (Å²) in [6.07, 6.45) is 1.11. The van der Waals surface area contributed by atoms with Crippen LogP contribution in [-0.2, 0) is 16.0 Å². The Labute approximate surface area is 137 Å². The molecule has 8 heteroatoms. The number of aryl methyl sites for hydroxylation is 2. The molecule has 1 saturated heterocycles. The van der Waals surface area contributed by atoms with Crippen molar-refractivity contribution in [2.75, 3.05) is 19.8 Å². The van der Waals surface area contributed by atoms with Crippen molar-refractivity contribution in [2.45, 2.75) is 25.8 Å². The molecule has 1 aliphatic heterocycles. The molecule has 2 aromatic heterocycles. The fraction of sp³-hybridized carbons (Fsp3) is 0.500. The van der Waals surface area contributed by atoms with Crippen LogP contribution < -0.4 is 0 Å². The minimum atomic E-state index is -0.297. The van der Waals surface area contributed by atoms with E-state index in [0.29, 0.717) is 44.4 Å². The number of amides is 1. The van der Waals surface area contributed by atoms with Crippen molar-refractivity contribution in [3.05, 3.63) is 33.1 Å². The molecule has 1 amide bonds. The van der Waals surface area contributed by atoms with Gasteiger partial charge in [-0.05, 0) is 12.5 Å². The molecule has 1 atom stereocenters. The molecule has 0 radical (unpaired) electrons. The van der Waals surface area contributed by atoms with Crippen LogP contribution in [0, 0.1) is 6.92 Å². The lowest BCUT2D eigenvalue weighted by Gasteiger charge is -2.33. The minimum Gasteiger partial charge on any atom is -0.423 e. The first-order valence-corrected chi connectivity index (χ1v) is 8.29. The second-order valence-electron chi connectivity index (χ2n) is 5.07. The number of morpholine rings is 1. The summed E-state index contributed by atoms with van der Waals surface area (Å²) in [5.41, 5.74) is 0. The van der Waals surface area contributed by atoms with Crippen molar-refractivity contribution in [2.24, 2.45) is 0 Å². The van der Waals surface area contributed by atoms with E-state index in [-0.39, 0.29) is 11.9 Å². The summed E-state index contributed by atoms with van der Waals surface area (Å²) in [6.45, 7) is 3.18. The van der Waals surface area contributed by atoms with Gasteiger partial charge in [-0.25, -0.2) is 0 Å². The molecule has 0 saturated carbocycles. The van der Waals surface area contributed by atoms with Gasteiger partial charge < -0.3 is 14.1 Å². The topological polar surface area (TPSA) is 68.5 Å². The summed E-state index contributed by atoms with van der Waals surface area (Å²) in [7, 11) is 0. The van der Waals surface area contributed by atoms with E-state index in [9.17, 15) is 4.79 Å². The third-order valence-corrected chi connectivity index (χ3v) is 4.83. The maximum Gasteiger partial charge on any atom is 0.241 e. The van der Waals surface area contributed by atoms with Gasteiger partial charge >= 0.3 is 0 Å². The van der Waals surface area contributed by atoms with Gasteiger partial charge in [0.15, 0.2) is 0 Å². The molecule has 3 rings (SSSR count). The Morgan fingerprint density at radius 1 is 1.55 bits per heavy atom. The van der Waals surface area contributed by atoms with Gasteiger partial charge in [-0.3, -0.25) is 4.79 Å². The Hall–Kier alpha value is -1.44. The number of carbonyl (C=O) groups excluding carboxylic acids is 1. The van der Waals surface area contributed by atoms with Crippen LogP contribution in [0.4, 0.5) is 0 Å². The van der Waals surface area contributed by atoms with Gasteiger partial charge in [-0.15, -0.1) is 21.5 Å². The van der Waals surface area contributed by atoms with Gasteiger partial charge in [0.05, 0.1) is 18.2 Å². The molecule has 6 nitrogen and oxygen atoms in total. The van der Waals surface area contributed by atoms with E-state index < -0.39 is 0 Å². The van der Waals surface area contributed by atoms with E-state index in [4.69, 9.17) is 20.8 Å². The third-order valence-electron chi connectivity index (χ3n) is 3.48. The number of hydrogen-bond acceptors (Lipinski definition) is 6. The Kier molecular flexibility index (Phi) is 4.75. The van der Waals surface area contributed by atoms with Gasteiger partial charge in [0.1, 0.15) is 6.04 Å². The fourth-order valence-corrected chi connectivity index (χ4v) is 3.49. The zero-order valence-electron chi connectivity index (χ0n) is 12.1. The summed E-state index contributed by atoms with van der Waals surface area (Å²) in [4.78, 5) is 15.4. The average Bonchev–Trinajstić information content (AvgIpc) is 3.13. The zero-order chi connectivity index (χ0) is 15.5. The Balaban J connectivity index is 1.66. The number of nitrogens with zero attached hydrogens (tertiary/aromatic N) is 3. The molecule has 1 fully saturated rings. The number of halogens is 1. The first-order chi connectivity index (χ1) is 10.6. The van der Waals surface area contributed by atoms with Crippen molar-refractivity contribution < 1.29 is 13.9 Å². The van der Waals surface area contributed by atoms with Crippen molar-refractivity contribution in [3.63, 3.8) is 0 Å². The quantitative estimate of drug-likeness (QED) is 0.855. The molecule has 1 unspecified atom stereocenters. The zero-order valence-corrected chi connectivity index (χ0v) is 13.7. The SMILES string of the molecule is Cc1nnc(C2COCCN2C(=O)CCc2cc(Cl)cs2)o1. The lowest BCUT2D eigenvalue weighted by molar-refractivity contribution is -0.141. The third kappa shape index (κ3) is 3.48. The lowest BCUT2D eigenvalue weighted by Crippen LogP contribution is -2.43. The molecule has 2 aromatic rings. The lowest BCUT2D eigenvalue weighted by atomic mass is 10.1. The second kappa shape index (κ2) is 6.76. The summed E-state index contributed by atoms with van der Waals surface area (Å²) < 4.78 is 10.9. The molecule has 0 aliphatic carbocycles. The highest BCUT2D eigenvalue weighted by Gasteiger charge is 2.32. The van der Waals surface area contributed by atoms with Crippen molar-refractivity contribution >= 4 is 28.8 Å². The summed E-state index contributed by atoms with van der Waals surface area (Å²) >= 11 is 7.47. The van der Waals surface area contributed by atoms with Crippen LogP contribution in [0.1, 0.15) is 29.1 Å². The van der Waals surface area contributed by atoms with Crippen LogP contribution in [0.15, 0.2) is 15.9 Å². The van der Waals surface area contributed by atoms with Crippen LogP contribution in [-0.4, -0.2) is 40.8 Å². The standard InChI is InChI=1S/C14H16ClN3O3S/c1-9-16-17-14(21-9)12-7-20-5-4-18(12)13(19)3-2-11-6-10(15)8-22-11/h6,8,12H,2-5,7H2,1H3. The van der Waals surface area contributed by atoms with Crippen LogP contribution in [0.25, 0.3) is 0 Å². The normalized spacial score (nSPS) is 18.6. The predicted octanol–water partition coefficient (Wildman–Crippen LogP) is 2.63. The molecule has 0 aromatic carbocycles. The van der Waals surface area contributed by atoms with E-state index in [1.807, 2.05) is 11.4 Å². The second-order valence-corrected chi connectivity index (χ2v) is 6.50. The van der Waals surface area contributed by atoms with Crippen LogP contribution in [0.2, 0.25) is 5.02 Å². The Morgan fingerprint density at radius 2 is 2.41 bits per heavy atom. The summed E-state index contributed by atoms with van der Waals surface area (Å²) in [6, 6.07) is 1.60. The van der Waals surface area contributed by atoms with E-state index in [1.165, 1.54) is 0 Å². The van der Waals surface area contributed by atoms with Gasteiger partial charge in [-0.1, -0.05) is 11.6 Å². The molecule has 3 heterocycles. The molecule has 0 N–H and O–H groups in total. The maximum atomic E-state index is 12.5. The molecule has 0 spiro atoms. The van der Waals surface area contributed by atoms with E-state index >= 15 is 0 Å². The highest BCUT2D eigenvalue weighted by atomic mass is 35.5. The Bertz CT molecular complexity index is 657. The molecule has 22 heavy (non-hydrogen) atoms. The van der Waals surface area contributed by atoms with Crippen LogP contribution in [0.3, 0.4) is 0 Å². The van der Waals surface area contributed by atoms with Gasteiger partial charge in [-0.2, -0.15) is 0 Å². The monoisotopic (exact) mass is 341 g/mol. The number of aromatic nitrogens is 2. The first kappa shape index (κ1) is 15.5. The van der Waals surface area contributed by atoms with E-state index in [2.05, 4.69) is 10.2 Å². The van der Waals surface area contributed by atoms with Crippen LogP contribution in [0.5, 0.6) is 0 Å². The number of carbonyl (C=O) groups is 1. The number of thiophene rings is 1. The van der Waals surface area contributed by atoms with E-state index in [1.54, 1.807) is 23.2 Å². The largest absolute Gasteiger partial charge is 0.423 e. The highest BCUT2D eigenvalue weighted by Crippen LogP contribution is 2.25. The summed E-state index contributed by atoms with van der Waals surface area (Å²) in [5, 5.41) is 10.4. The first-order valence-electron chi connectivity index (χ1n) is 7.03.